The highest BCUT2D eigenvalue weighted by atomic mass is 32.2. The van der Waals surface area contributed by atoms with Crippen LogP contribution in [0.5, 0.6) is 0 Å². The van der Waals surface area contributed by atoms with E-state index < -0.39 is 33.4 Å². The van der Waals surface area contributed by atoms with Gasteiger partial charge in [0.05, 0.1) is 20.8 Å². The monoisotopic (exact) mass is 463 g/mol. The van der Waals surface area contributed by atoms with Crippen LogP contribution in [0.2, 0.25) is 0 Å². The van der Waals surface area contributed by atoms with Crippen LogP contribution < -0.4 is 10.0 Å². The first-order valence-corrected chi connectivity index (χ1v) is 11.0. The van der Waals surface area contributed by atoms with Gasteiger partial charge in [-0.2, -0.15) is 0 Å². The Kier molecular flexibility index (Phi) is 5.38. The van der Waals surface area contributed by atoms with Gasteiger partial charge in [0.2, 0.25) is 0 Å². The Bertz CT molecular complexity index is 1400. The van der Waals surface area contributed by atoms with Crippen molar-refractivity contribution in [2.24, 2.45) is 0 Å². The normalized spacial score (nSPS) is 11.5. The molecule has 0 atom stereocenters. The molecule has 2 N–H and O–H groups in total. The molecule has 0 aliphatic carbocycles. The summed E-state index contributed by atoms with van der Waals surface area (Å²) in [5.41, 5.74) is -0.145. The summed E-state index contributed by atoms with van der Waals surface area (Å²) in [5, 5.41) is 2.48. The molecular weight excluding hydrogens is 451 g/mol. The van der Waals surface area contributed by atoms with Crippen LogP contribution in [0.4, 0.5) is 24.0 Å². The summed E-state index contributed by atoms with van der Waals surface area (Å²) < 4.78 is 68.0. The SMILES string of the molecule is O=C(Nc1nc2c(F)cc(F)cc2s1)c1ccccc1NS(=O)(=O)c1ccc(F)cc1. The number of carbonyl (C=O) groups excluding carboxylic acids is 1. The maximum atomic E-state index is 13.8. The molecule has 4 aromatic rings. The first-order valence-electron chi connectivity index (χ1n) is 8.67. The number of amides is 1. The van der Waals surface area contributed by atoms with Gasteiger partial charge in [-0.05, 0) is 42.5 Å². The smallest absolute Gasteiger partial charge is 0.261 e. The third-order valence-corrected chi connectivity index (χ3v) is 6.47. The van der Waals surface area contributed by atoms with Crippen molar-refractivity contribution < 1.29 is 26.4 Å². The molecule has 0 bridgehead atoms. The van der Waals surface area contributed by atoms with Crippen molar-refractivity contribution in [1.29, 1.82) is 0 Å². The molecule has 1 aromatic heterocycles. The number of nitrogens with one attached hydrogen (secondary N) is 2. The molecule has 0 aliphatic heterocycles. The summed E-state index contributed by atoms with van der Waals surface area (Å²) in [4.78, 5) is 16.5. The van der Waals surface area contributed by atoms with Gasteiger partial charge in [-0.15, -0.1) is 0 Å². The minimum atomic E-state index is -4.09. The highest BCUT2D eigenvalue weighted by molar-refractivity contribution is 7.92. The Morgan fingerprint density at radius 2 is 1.65 bits per heavy atom. The highest BCUT2D eigenvalue weighted by Gasteiger charge is 2.20. The molecule has 3 aromatic carbocycles. The number of nitrogens with zero attached hydrogens (tertiary/aromatic N) is 1. The van der Waals surface area contributed by atoms with Crippen LogP contribution in [0.3, 0.4) is 0 Å². The van der Waals surface area contributed by atoms with Crippen LogP contribution >= 0.6 is 11.3 Å². The summed E-state index contributed by atoms with van der Waals surface area (Å²) in [5.74, 6) is -2.94. The second-order valence-corrected chi connectivity index (χ2v) is 9.03. The fourth-order valence-corrected chi connectivity index (χ4v) is 4.74. The summed E-state index contributed by atoms with van der Waals surface area (Å²) >= 11 is 0.869. The summed E-state index contributed by atoms with van der Waals surface area (Å²) in [6, 6.07) is 11.8. The number of fused-ring (bicyclic) bond motifs is 1. The second-order valence-electron chi connectivity index (χ2n) is 6.31. The lowest BCUT2D eigenvalue weighted by molar-refractivity contribution is 0.102. The topological polar surface area (TPSA) is 88.2 Å². The molecule has 158 valence electrons. The van der Waals surface area contributed by atoms with Crippen molar-refractivity contribution in [1.82, 2.24) is 4.98 Å². The standard InChI is InChI=1S/C20H12F3N3O3S2/c21-11-5-7-13(8-6-11)31(28,29)26-16-4-2-1-3-14(16)19(27)25-20-24-18-15(23)9-12(22)10-17(18)30-20/h1-10,26H,(H,24,25,27). The predicted octanol–water partition coefficient (Wildman–Crippen LogP) is 4.77. The molecule has 0 aliphatic rings. The molecule has 11 heteroatoms. The number of hydrogen-bond donors (Lipinski definition) is 2. The van der Waals surface area contributed by atoms with E-state index in [4.69, 9.17) is 0 Å². The van der Waals surface area contributed by atoms with Crippen LogP contribution in [0, 0.1) is 17.5 Å². The fraction of sp³-hybridized carbons (Fsp3) is 0. The second kappa shape index (κ2) is 8.00. The number of rotatable bonds is 5. The van der Waals surface area contributed by atoms with Crippen LogP contribution in [0.15, 0.2) is 65.6 Å². The van der Waals surface area contributed by atoms with Crippen LogP contribution in [0.25, 0.3) is 10.2 Å². The van der Waals surface area contributed by atoms with Gasteiger partial charge in [0.15, 0.2) is 10.9 Å². The Morgan fingerprint density at radius 1 is 0.935 bits per heavy atom. The zero-order chi connectivity index (χ0) is 22.2. The number of hydrogen-bond acceptors (Lipinski definition) is 5. The van der Waals surface area contributed by atoms with Crippen molar-refractivity contribution in [2.45, 2.75) is 4.90 Å². The molecule has 0 radical (unpaired) electrons. The van der Waals surface area contributed by atoms with Crippen molar-refractivity contribution in [3.8, 4) is 0 Å². The van der Waals surface area contributed by atoms with Gasteiger partial charge in [0.1, 0.15) is 17.2 Å². The molecular formula is C20H12F3N3O3S2. The molecule has 0 saturated carbocycles. The lowest BCUT2D eigenvalue weighted by atomic mass is 10.2. The number of sulfonamides is 1. The largest absolute Gasteiger partial charge is 0.298 e. The first-order chi connectivity index (χ1) is 14.7. The summed E-state index contributed by atoms with van der Waals surface area (Å²) in [6.07, 6.45) is 0. The Labute approximate surface area is 178 Å². The molecule has 0 saturated heterocycles. The van der Waals surface area contributed by atoms with E-state index in [9.17, 15) is 26.4 Å². The summed E-state index contributed by atoms with van der Waals surface area (Å²) in [6.45, 7) is 0. The third kappa shape index (κ3) is 4.37. The van der Waals surface area contributed by atoms with E-state index >= 15 is 0 Å². The minimum Gasteiger partial charge on any atom is -0.298 e. The average Bonchev–Trinajstić information content (AvgIpc) is 3.11. The van der Waals surface area contributed by atoms with E-state index in [1.54, 1.807) is 0 Å². The van der Waals surface area contributed by atoms with Gasteiger partial charge in [0, 0.05) is 6.07 Å². The van der Waals surface area contributed by atoms with Gasteiger partial charge in [-0.3, -0.25) is 14.8 Å². The van der Waals surface area contributed by atoms with E-state index in [2.05, 4.69) is 15.0 Å². The van der Waals surface area contributed by atoms with Crippen LogP contribution in [-0.2, 0) is 10.0 Å². The fourth-order valence-electron chi connectivity index (χ4n) is 2.76. The number of para-hydroxylation sites is 1. The van der Waals surface area contributed by atoms with Gasteiger partial charge in [-0.1, -0.05) is 23.5 Å². The Hall–Kier alpha value is -3.44. The molecule has 4 rings (SSSR count). The van der Waals surface area contributed by atoms with Gasteiger partial charge in [-0.25, -0.2) is 26.6 Å². The van der Waals surface area contributed by atoms with Crippen LogP contribution in [0.1, 0.15) is 10.4 Å². The quantitative estimate of drug-likeness (QED) is 0.447. The highest BCUT2D eigenvalue weighted by Crippen LogP contribution is 2.29. The number of anilines is 2. The number of halogens is 3. The number of benzene rings is 3. The Morgan fingerprint density at radius 3 is 2.39 bits per heavy atom. The number of thiazole rings is 1. The lowest BCUT2D eigenvalue weighted by Crippen LogP contribution is -2.18. The van der Waals surface area contributed by atoms with Gasteiger partial charge >= 0.3 is 0 Å². The molecule has 0 spiro atoms. The van der Waals surface area contributed by atoms with E-state index in [-0.39, 0.29) is 31.5 Å². The molecule has 31 heavy (non-hydrogen) atoms. The molecule has 1 amide bonds. The van der Waals surface area contributed by atoms with Crippen molar-refractivity contribution >= 4 is 48.3 Å². The predicted molar refractivity (Wildman–Crippen MR) is 111 cm³/mol. The van der Waals surface area contributed by atoms with E-state index in [0.29, 0.717) is 6.07 Å². The first kappa shape index (κ1) is 20.8. The van der Waals surface area contributed by atoms with Gasteiger partial charge in [0.25, 0.3) is 15.9 Å². The van der Waals surface area contributed by atoms with Crippen molar-refractivity contribution in [3.05, 3.63) is 83.7 Å². The minimum absolute atomic E-state index is 0.0145. The van der Waals surface area contributed by atoms with Crippen LogP contribution in [-0.4, -0.2) is 19.3 Å². The molecule has 1 heterocycles. The summed E-state index contributed by atoms with van der Waals surface area (Å²) in [7, 11) is -4.09. The van der Waals surface area contributed by atoms with E-state index in [0.717, 1.165) is 41.7 Å². The molecule has 0 fully saturated rings. The average molecular weight is 463 g/mol. The van der Waals surface area contributed by atoms with E-state index in [1.165, 1.54) is 24.3 Å². The molecule has 6 nitrogen and oxygen atoms in total. The maximum absolute atomic E-state index is 13.8. The Balaban J connectivity index is 1.61. The number of carbonyl (C=O) groups is 1. The molecule has 0 unspecified atom stereocenters. The van der Waals surface area contributed by atoms with Crippen molar-refractivity contribution in [3.63, 3.8) is 0 Å². The zero-order valence-corrected chi connectivity index (χ0v) is 17.0. The van der Waals surface area contributed by atoms with Crippen molar-refractivity contribution in [2.75, 3.05) is 10.0 Å². The zero-order valence-electron chi connectivity index (χ0n) is 15.4. The lowest BCUT2D eigenvalue weighted by Gasteiger charge is -2.12. The van der Waals surface area contributed by atoms with E-state index in [1.807, 2.05) is 0 Å². The van der Waals surface area contributed by atoms with Gasteiger partial charge < -0.3 is 0 Å². The maximum Gasteiger partial charge on any atom is 0.261 e. The third-order valence-electron chi connectivity index (χ3n) is 4.17. The number of aromatic nitrogens is 1.